The van der Waals surface area contributed by atoms with E-state index in [4.69, 9.17) is 40.2 Å². The van der Waals surface area contributed by atoms with Crippen molar-refractivity contribution in [1.82, 2.24) is 10.0 Å². The van der Waals surface area contributed by atoms with Crippen LogP contribution in [0.4, 0.5) is 11.4 Å². The van der Waals surface area contributed by atoms with E-state index in [1.165, 1.54) is 18.2 Å². The Morgan fingerprint density at radius 2 is 1.77 bits per heavy atom. The minimum Gasteiger partial charge on any atom is -0.455 e. The lowest BCUT2D eigenvalue weighted by molar-refractivity contribution is -0.384. The molecule has 1 heterocycles. The topological polar surface area (TPSA) is 123 Å². The third-order valence-electron chi connectivity index (χ3n) is 5.18. The molecule has 0 atom stereocenters. The van der Waals surface area contributed by atoms with Crippen molar-refractivity contribution in [1.29, 1.82) is 0 Å². The molecule has 0 aliphatic heterocycles. The van der Waals surface area contributed by atoms with Gasteiger partial charge in [-0.3, -0.25) is 10.1 Å². The number of nitrogens with one attached hydrogen (secondary N) is 3. The Balaban J connectivity index is 1.41. The highest BCUT2D eigenvalue weighted by Crippen LogP contribution is 2.40. The number of nitro groups is 1. The zero-order valence-electron chi connectivity index (χ0n) is 19.9. The summed E-state index contributed by atoms with van der Waals surface area (Å²) in [5, 5.41) is 19.3. The van der Waals surface area contributed by atoms with Gasteiger partial charge in [0.25, 0.3) is 15.7 Å². The van der Waals surface area contributed by atoms with Gasteiger partial charge in [0, 0.05) is 47.1 Å². The molecule has 0 unspecified atom stereocenters. The summed E-state index contributed by atoms with van der Waals surface area (Å²) in [5.41, 5.74) is 1.41. The molecule has 202 valence electrons. The molecule has 9 nitrogen and oxygen atoms in total. The highest BCUT2D eigenvalue weighted by atomic mass is 35.5. The van der Waals surface area contributed by atoms with Crippen molar-refractivity contribution in [3.05, 3.63) is 98.3 Å². The Morgan fingerprint density at radius 3 is 2.54 bits per heavy atom. The second kappa shape index (κ2) is 12.7. The number of benzene rings is 3. The van der Waals surface area contributed by atoms with Crippen LogP contribution in [0, 0.1) is 10.1 Å². The van der Waals surface area contributed by atoms with Gasteiger partial charge in [0.2, 0.25) is 0 Å². The smallest absolute Gasteiger partial charge is 0.271 e. The number of anilines is 1. The number of hydrogen-bond acceptors (Lipinski definition) is 7. The fourth-order valence-corrected chi connectivity index (χ4v) is 6.58. The number of non-ortho nitro benzene ring substituents is 1. The monoisotopic (exact) mass is 622 g/mol. The van der Waals surface area contributed by atoms with Crippen molar-refractivity contribution in [2.24, 2.45) is 0 Å². The number of halogens is 2. The van der Waals surface area contributed by atoms with E-state index in [1.807, 2.05) is 0 Å². The van der Waals surface area contributed by atoms with Gasteiger partial charge in [-0.05, 0) is 54.0 Å². The lowest BCUT2D eigenvalue weighted by Crippen LogP contribution is -2.36. The van der Waals surface area contributed by atoms with E-state index < -0.39 is 14.9 Å². The number of para-hydroxylation sites is 1. The van der Waals surface area contributed by atoms with E-state index in [-0.39, 0.29) is 28.1 Å². The number of thiocarbonyl (C=S) groups is 1. The van der Waals surface area contributed by atoms with E-state index in [1.54, 1.807) is 60.0 Å². The highest BCUT2D eigenvalue weighted by Gasteiger charge is 2.23. The third-order valence-corrected chi connectivity index (χ3v) is 8.90. The van der Waals surface area contributed by atoms with E-state index in [0.29, 0.717) is 38.4 Å². The molecule has 1 aromatic heterocycles. The van der Waals surface area contributed by atoms with Crippen molar-refractivity contribution >= 4 is 73.3 Å². The first-order chi connectivity index (χ1) is 18.6. The predicted octanol–water partition coefficient (Wildman–Crippen LogP) is 6.69. The average molecular weight is 624 g/mol. The number of nitrogens with zero attached hydrogens (tertiary/aromatic N) is 1. The standard InChI is InChI=1S/C25H20Cl2N4O5S3/c26-16-8-9-23(21(27)14-16)36-22-7-2-1-6-19(22)20-10-13-38-24(20)39(34,35)29-12-11-28-25(37)30-17-4-3-5-18(15-17)31(32)33/h1-10,13-15,29H,11-12H2,(H2,28,30,37). The molecular formula is C25H20Cl2N4O5S3. The molecule has 4 aromatic rings. The fraction of sp³-hybridized carbons (Fsp3) is 0.0800. The van der Waals surface area contributed by atoms with Gasteiger partial charge in [-0.2, -0.15) is 0 Å². The number of thiophene rings is 1. The summed E-state index contributed by atoms with van der Waals surface area (Å²) in [7, 11) is -3.88. The van der Waals surface area contributed by atoms with E-state index in [2.05, 4.69) is 15.4 Å². The molecule has 0 fully saturated rings. The van der Waals surface area contributed by atoms with Crippen LogP contribution in [-0.2, 0) is 10.0 Å². The number of sulfonamides is 1. The molecule has 0 saturated heterocycles. The Morgan fingerprint density at radius 1 is 0.974 bits per heavy atom. The van der Waals surface area contributed by atoms with Crippen LogP contribution < -0.4 is 20.1 Å². The molecule has 4 rings (SSSR count). The quantitative estimate of drug-likeness (QED) is 0.0774. The van der Waals surface area contributed by atoms with Crippen LogP contribution in [0.5, 0.6) is 11.5 Å². The Hall–Kier alpha value is -3.26. The van der Waals surface area contributed by atoms with E-state index in [0.717, 1.165) is 11.3 Å². The van der Waals surface area contributed by atoms with Gasteiger partial charge >= 0.3 is 0 Å². The highest BCUT2D eigenvalue weighted by molar-refractivity contribution is 7.91. The van der Waals surface area contributed by atoms with Crippen LogP contribution in [0.1, 0.15) is 0 Å². The summed E-state index contributed by atoms with van der Waals surface area (Å²) in [4.78, 5) is 10.4. The first-order valence-electron chi connectivity index (χ1n) is 11.2. The second-order valence-corrected chi connectivity index (χ2v) is 12.0. The predicted molar refractivity (Wildman–Crippen MR) is 159 cm³/mol. The molecule has 0 aliphatic carbocycles. The Kier molecular flexibility index (Phi) is 9.38. The number of ether oxygens (including phenoxy) is 1. The summed E-state index contributed by atoms with van der Waals surface area (Å²) in [5.74, 6) is 0.808. The molecule has 0 bridgehead atoms. The largest absolute Gasteiger partial charge is 0.455 e. The molecule has 3 N–H and O–H groups in total. The average Bonchev–Trinajstić information content (AvgIpc) is 3.40. The Bertz CT molecular complexity index is 1630. The SMILES string of the molecule is O=[N+]([O-])c1cccc(NC(=S)NCCNS(=O)(=O)c2sccc2-c2ccccc2Oc2ccc(Cl)cc2Cl)c1. The van der Waals surface area contributed by atoms with Gasteiger partial charge in [-0.15, -0.1) is 11.3 Å². The number of rotatable bonds is 10. The van der Waals surface area contributed by atoms with Crippen LogP contribution in [0.25, 0.3) is 11.1 Å². The van der Waals surface area contributed by atoms with Crippen molar-refractivity contribution in [3.63, 3.8) is 0 Å². The van der Waals surface area contributed by atoms with Crippen molar-refractivity contribution in [3.8, 4) is 22.6 Å². The summed E-state index contributed by atoms with van der Waals surface area (Å²) >= 11 is 18.5. The number of nitro benzene ring substituents is 1. The minimum absolute atomic E-state index is 0.0367. The molecule has 39 heavy (non-hydrogen) atoms. The maximum Gasteiger partial charge on any atom is 0.271 e. The summed E-state index contributed by atoms with van der Waals surface area (Å²) < 4.78 is 35.0. The van der Waals surface area contributed by atoms with Gasteiger partial charge in [0.1, 0.15) is 15.7 Å². The minimum atomic E-state index is -3.88. The van der Waals surface area contributed by atoms with Crippen LogP contribution in [0.15, 0.2) is 82.4 Å². The molecule has 0 aliphatic rings. The fourth-order valence-electron chi connectivity index (χ4n) is 3.46. The number of hydrogen-bond donors (Lipinski definition) is 3. The van der Waals surface area contributed by atoms with Crippen molar-refractivity contribution in [2.75, 3.05) is 18.4 Å². The lowest BCUT2D eigenvalue weighted by Gasteiger charge is -2.14. The van der Waals surface area contributed by atoms with Gasteiger partial charge in [0.05, 0.1) is 9.95 Å². The van der Waals surface area contributed by atoms with E-state index in [9.17, 15) is 18.5 Å². The van der Waals surface area contributed by atoms with Crippen molar-refractivity contribution < 1.29 is 18.1 Å². The van der Waals surface area contributed by atoms with Crippen LogP contribution >= 0.6 is 46.8 Å². The first kappa shape index (κ1) is 28.7. The maximum atomic E-state index is 13.2. The zero-order valence-corrected chi connectivity index (χ0v) is 23.9. The summed E-state index contributed by atoms with van der Waals surface area (Å²) in [6, 6.07) is 19.5. The molecule has 0 saturated carbocycles. The van der Waals surface area contributed by atoms with Crippen LogP contribution in [-0.4, -0.2) is 31.5 Å². The maximum absolute atomic E-state index is 13.2. The van der Waals surface area contributed by atoms with Gasteiger partial charge in [-0.25, -0.2) is 13.1 Å². The molecule has 0 spiro atoms. The molecular weight excluding hydrogens is 603 g/mol. The van der Waals surface area contributed by atoms with Gasteiger partial charge in [-0.1, -0.05) is 47.5 Å². The van der Waals surface area contributed by atoms with Gasteiger partial charge in [0.15, 0.2) is 5.11 Å². The zero-order chi connectivity index (χ0) is 28.0. The lowest BCUT2D eigenvalue weighted by atomic mass is 10.1. The molecule has 14 heteroatoms. The van der Waals surface area contributed by atoms with Crippen molar-refractivity contribution in [2.45, 2.75) is 4.21 Å². The van der Waals surface area contributed by atoms with Crippen LogP contribution in [0.3, 0.4) is 0 Å². The molecule has 3 aromatic carbocycles. The molecule has 0 amide bonds. The molecule has 0 radical (unpaired) electrons. The summed E-state index contributed by atoms with van der Waals surface area (Å²) in [6.45, 7) is 0.213. The second-order valence-electron chi connectivity index (χ2n) is 7.88. The van der Waals surface area contributed by atoms with Gasteiger partial charge < -0.3 is 15.4 Å². The van der Waals surface area contributed by atoms with E-state index >= 15 is 0 Å². The Labute approximate surface area is 243 Å². The van der Waals surface area contributed by atoms with Crippen LogP contribution in [0.2, 0.25) is 10.0 Å². The third kappa shape index (κ3) is 7.44. The first-order valence-corrected chi connectivity index (χ1v) is 14.8. The summed E-state index contributed by atoms with van der Waals surface area (Å²) in [6.07, 6.45) is 0. The normalized spacial score (nSPS) is 11.1.